The summed E-state index contributed by atoms with van der Waals surface area (Å²) in [5.74, 6) is 0.630. The van der Waals surface area contributed by atoms with Gasteiger partial charge in [-0.3, -0.25) is 4.79 Å². The summed E-state index contributed by atoms with van der Waals surface area (Å²) in [4.78, 5) is 14.3. The van der Waals surface area contributed by atoms with Crippen molar-refractivity contribution >= 4 is 15.9 Å². The third kappa shape index (κ3) is 4.95. The van der Waals surface area contributed by atoms with E-state index in [1.165, 1.54) is 12.1 Å². The van der Waals surface area contributed by atoms with E-state index < -0.39 is 10.0 Å². The molecule has 0 aromatic heterocycles. The lowest BCUT2D eigenvalue weighted by atomic mass is 10.2. The van der Waals surface area contributed by atoms with Gasteiger partial charge < -0.3 is 9.64 Å². The number of nitrogens with zero attached hydrogens (tertiary/aromatic N) is 1. The van der Waals surface area contributed by atoms with Crippen LogP contribution in [0.3, 0.4) is 0 Å². The summed E-state index contributed by atoms with van der Waals surface area (Å²) in [6.07, 6.45) is 2.26. The van der Waals surface area contributed by atoms with Crippen molar-refractivity contribution in [2.24, 2.45) is 0 Å². The second-order valence-corrected chi connectivity index (χ2v) is 7.95. The Morgan fingerprint density at radius 1 is 1.29 bits per heavy atom. The highest BCUT2D eigenvalue weighted by Crippen LogP contribution is 2.29. The second-order valence-electron chi connectivity index (χ2n) is 6.18. The normalized spacial score (nSPS) is 14.7. The Morgan fingerprint density at radius 3 is 2.42 bits per heavy atom. The van der Waals surface area contributed by atoms with Gasteiger partial charge in [0.25, 0.3) is 0 Å². The Labute approximate surface area is 144 Å². The largest absolute Gasteiger partial charge is 0.494 e. The molecule has 0 unspecified atom stereocenters. The predicted octanol–water partition coefficient (Wildman–Crippen LogP) is 2.15. The molecule has 0 bridgehead atoms. The number of ether oxygens (including phenoxy) is 1. The molecule has 1 saturated carbocycles. The van der Waals surface area contributed by atoms with Crippen LogP contribution in [-0.4, -0.2) is 44.5 Å². The van der Waals surface area contributed by atoms with Gasteiger partial charge in [-0.15, -0.1) is 0 Å². The SMILES string of the molecule is CCOc1ccc(S(=O)(=O)NCCC(=O)N(C(C)C)C2CC2)cc1. The minimum absolute atomic E-state index is 0.00175. The van der Waals surface area contributed by atoms with E-state index in [4.69, 9.17) is 4.74 Å². The molecule has 0 heterocycles. The highest BCUT2D eigenvalue weighted by molar-refractivity contribution is 7.89. The van der Waals surface area contributed by atoms with Crippen LogP contribution in [0.5, 0.6) is 5.75 Å². The number of nitrogens with one attached hydrogen (secondary N) is 1. The van der Waals surface area contributed by atoms with Crippen LogP contribution in [0, 0.1) is 0 Å². The highest BCUT2D eigenvalue weighted by Gasteiger charge is 2.33. The Hall–Kier alpha value is -1.60. The molecule has 1 aliphatic carbocycles. The van der Waals surface area contributed by atoms with Crippen molar-refractivity contribution < 1.29 is 17.9 Å². The lowest BCUT2D eigenvalue weighted by Crippen LogP contribution is -2.40. The maximum absolute atomic E-state index is 12.3. The molecule has 1 amide bonds. The number of rotatable bonds is 9. The van der Waals surface area contributed by atoms with Crippen molar-refractivity contribution in [2.45, 2.75) is 57.0 Å². The molecule has 1 fully saturated rings. The number of carbonyl (C=O) groups excluding carboxylic acids is 1. The Kier molecular flexibility index (Phi) is 6.23. The number of sulfonamides is 1. The third-order valence-corrected chi connectivity index (χ3v) is 5.34. The molecule has 0 aliphatic heterocycles. The maximum Gasteiger partial charge on any atom is 0.240 e. The van der Waals surface area contributed by atoms with Crippen LogP contribution in [-0.2, 0) is 14.8 Å². The fourth-order valence-corrected chi connectivity index (χ4v) is 3.68. The van der Waals surface area contributed by atoms with E-state index in [1.807, 2.05) is 25.7 Å². The predicted molar refractivity (Wildman–Crippen MR) is 92.4 cm³/mol. The molecular weight excluding hydrogens is 328 g/mol. The standard InChI is InChI=1S/C17H26N2O4S/c1-4-23-15-7-9-16(10-8-15)24(21,22)18-12-11-17(20)19(13(2)3)14-5-6-14/h7-10,13-14,18H,4-6,11-12H2,1-3H3. The van der Waals surface area contributed by atoms with Gasteiger partial charge in [0.05, 0.1) is 11.5 Å². The molecule has 24 heavy (non-hydrogen) atoms. The van der Waals surface area contributed by atoms with E-state index in [-0.39, 0.29) is 29.8 Å². The first-order valence-electron chi connectivity index (χ1n) is 8.39. The fraction of sp³-hybridized carbons (Fsp3) is 0.588. The zero-order chi connectivity index (χ0) is 17.7. The quantitative estimate of drug-likeness (QED) is 0.737. The van der Waals surface area contributed by atoms with E-state index in [1.54, 1.807) is 12.1 Å². The van der Waals surface area contributed by atoms with Crippen molar-refractivity contribution in [2.75, 3.05) is 13.2 Å². The summed E-state index contributed by atoms with van der Waals surface area (Å²) in [5.41, 5.74) is 0. The molecule has 0 atom stereocenters. The summed E-state index contributed by atoms with van der Waals surface area (Å²) in [7, 11) is -3.61. The van der Waals surface area contributed by atoms with E-state index in [9.17, 15) is 13.2 Å². The molecule has 0 saturated heterocycles. The van der Waals surface area contributed by atoms with Gasteiger partial charge in [-0.2, -0.15) is 0 Å². The maximum atomic E-state index is 12.3. The lowest BCUT2D eigenvalue weighted by molar-refractivity contribution is -0.133. The average Bonchev–Trinajstić information content (AvgIpc) is 3.32. The summed E-state index contributed by atoms with van der Waals surface area (Å²) >= 11 is 0. The number of hydrogen-bond donors (Lipinski definition) is 1. The van der Waals surface area contributed by atoms with E-state index in [0.29, 0.717) is 18.4 Å². The molecule has 6 nitrogen and oxygen atoms in total. The molecule has 1 N–H and O–H groups in total. The second kappa shape index (κ2) is 7.98. The van der Waals surface area contributed by atoms with Crippen LogP contribution in [0.15, 0.2) is 29.2 Å². The van der Waals surface area contributed by atoms with Crippen molar-refractivity contribution in [3.05, 3.63) is 24.3 Å². The van der Waals surface area contributed by atoms with Crippen LogP contribution in [0.2, 0.25) is 0 Å². The zero-order valence-corrected chi connectivity index (χ0v) is 15.3. The van der Waals surface area contributed by atoms with Gasteiger partial charge in [-0.1, -0.05) is 0 Å². The molecule has 7 heteroatoms. The molecule has 0 radical (unpaired) electrons. The van der Waals surface area contributed by atoms with Crippen LogP contribution in [0.4, 0.5) is 0 Å². The lowest BCUT2D eigenvalue weighted by Gasteiger charge is -2.26. The fourth-order valence-electron chi connectivity index (χ4n) is 2.65. The van der Waals surface area contributed by atoms with Crippen molar-refractivity contribution in [1.29, 1.82) is 0 Å². The van der Waals surface area contributed by atoms with Gasteiger partial charge in [0.2, 0.25) is 15.9 Å². The summed E-state index contributed by atoms with van der Waals surface area (Å²) in [5, 5.41) is 0. The van der Waals surface area contributed by atoms with Crippen LogP contribution in [0.1, 0.15) is 40.0 Å². The molecule has 2 rings (SSSR count). The van der Waals surface area contributed by atoms with Crippen LogP contribution >= 0.6 is 0 Å². The van der Waals surface area contributed by atoms with Crippen molar-refractivity contribution in [3.8, 4) is 5.75 Å². The molecule has 134 valence electrons. The van der Waals surface area contributed by atoms with Gasteiger partial charge in [0.1, 0.15) is 5.75 Å². The number of hydrogen-bond acceptors (Lipinski definition) is 4. The molecule has 1 aliphatic rings. The highest BCUT2D eigenvalue weighted by atomic mass is 32.2. The Bertz CT molecular complexity index is 650. The van der Waals surface area contributed by atoms with Crippen LogP contribution < -0.4 is 9.46 Å². The molecule has 1 aromatic carbocycles. The van der Waals surface area contributed by atoms with Gasteiger partial charge in [-0.25, -0.2) is 13.1 Å². The topological polar surface area (TPSA) is 75.7 Å². The smallest absolute Gasteiger partial charge is 0.240 e. The first kappa shape index (κ1) is 18.7. The third-order valence-electron chi connectivity index (χ3n) is 3.86. The van der Waals surface area contributed by atoms with Crippen molar-refractivity contribution in [3.63, 3.8) is 0 Å². The first-order valence-corrected chi connectivity index (χ1v) is 9.87. The first-order chi connectivity index (χ1) is 11.3. The summed E-state index contributed by atoms with van der Waals surface area (Å²) in [6, 6.07) is 6.72. The van der Waals surface area contributed by atoms with E-state index in [2.05, 4.69) is 4.72 Å². The van der Waals surface area contributed by atoms with E-state index in [0.717, 1.165) is 12.8 Å². The Balaban J connectivity index is 1.89. The van der Waals surface area contributed by atoms with Crippen molar-refractivity contribution in [1.82, 2.24) is 9.62 Å². The minimum atomic E-state index is -3.61. The Morgan fingerprint density at radius 2 is 1.92 bits per heavy atom. The zero-order valence-electron chi connectivity index (χ0n) is 14.5. The molecular formula is C17H26N2O4S. The number of amides is 1. The number of benzene rings is 1. The van der Waals surface area contributed by atoms with Crippen LogP contribution in [0.25, 0.3) is 0 Å². The van der Waals surface area contributed by atoms with Gasteiger partial charge in [0, 0.05) is 25.0 Å². The molecule has 1 aromatic rings. The number of carbonyl (C=O) groups is 1. The minimum Gasteiger partial charge on any atom is -0.494 e. The van der Waals surface area contributed by atoms with Gasteiger partial charge >= 0.3 is 0 Å². The van der Waals surface area contributed by atoms with E-state index >= 15 is 0 Å². The summed E-state index contributed by atoms with van der Waals surface area (Å²) < 4.78 is 32.3. The van der Waals surface area contributed by atoms with Gasteiger partial charge in [0.15, 0.2) is 0 Å². The monoisotopic (exact) mass is 354 g/mol. The average molecular weight is 354 g/mol. The molecule has 0 spiro atoms. The summed E-state index contributed by atoms with van der Waals surface area (Å²) in [6.45, 7) is 6.47. The van der Waals surface area contributed by atoms with Gasteiger partial charge in [-0.05, 0) is 57.9 Å².